The van der Waals surface area contributed by atoms with Crippen LogP contribution in [0.3, 0.4) is 0 Å². The summed E-state index contributed by atoms with van der Waals surface area (Å²) in [5.74, 6) is -0.971. The third kappa shape index (κ3) is 5.22. The van der Waals surface area contributed by atoms with Gasteiger partial charge in [0.25, 0.3) is 0 Å². The molecule has 10 heteroatoms. The van der Waals surface area contributed by atoms with Gasteiger partial charge in [0.05, 0.1) is 40.9 Å². The van der Waals surface area contributed by atoms with Gasteiger partial charge in [-0.3, -0.25) is 14.5 Å². The molecule has 2 aliphatic heterocycles. The van der Waals surface area contributed by atoms with Crippen LogP contribution in [0.5, 0.6) is 11.5 Å². The number of carbonyl (C=O) groups excluding carboxylic acids is 2. The molecule has 3 aliphatic rings. The fourth-order valence-electron chi connectivity index (χ4n) is 6.44. The number of fused-ring (bicyclic) bond motifs is 3. The number of hydrogen-bond donors (Lipinski definition) is 3. The van der Waals surface area contributed by atoms with E-state index in [-0.39, 0.29) is 35.0 Å². The SMILES string of the molecule is CC/C(=C\c1cc(I)c(O)c(OC)c1)CC[C@H]1OC[C@H]2C1=C(C)C[C@H]1C(=O)N(c3cccc(B(O)O)c3)C(=O)[C@H]12. The quantitative estimate of drug-likeness (QED) is 0.171. The molecule has 40 heavy (non-hydrogen) atoms. The summed E-state index contributed by atoms with van der Waals surface area (Å²) in [4.78, 5) is 28.3. The minimum Gasteiger partial charge on any atom is -0.504 e. The Morgan fingerprint density at radius 1 is 1.20 bits per heavy atom. The number of rotatable bonds is 8. The second-order valence-electron chi connectivity index (χ2n) is 10.7. The van der Waals surface area contributed by atoms with Crippen LogP contribution in [0.2, 0.25) is 0 Å². The molecule has 4 atom stereocenters. The van der Waals surface area contributed by atoms with Gasteiger partial charge in [0.1, 0.15) is 0 Å². The molecule has 2 amide bonds. The van der Waals surface area contributed by atoms with Crippen molar-refractivity contribution in [2.75, 3.05) is 18.6 Å². The molecule has 8 nitrogen and oxygen atoms in total. The molecule has 0 unspecified atom stereocenters. The number of benzene rings is 2. The first-order chi connectivity index (χ1) is 19.1. The number of phenols is 1. The number of imide groups is 1. The van der Waals surface area contributed by atoms with E-state index in [2.05, 4.69) is 35.6 Å². The minimum atomic E-state index is -1.68. The summed E-state index contributed by atoms with van der Waals surface area (Å²) in [6.45, 7) is 4.56. The molecule has 0 saturated carbocycles. The third-order valence-corrected chi connectivity index (χ3v) is 9.22. The molecule has 210 valence electrons. The monoisotopic (exact) mass is 657 g/mol. The van der Waals surface area contributed by atoms with Crippen LogP contribution in [0.25, 0.3) is 6.08 Å². The van der Waals surface area contributed by atoms with Crippen LogP contribution in [0.15, 0.2) is 53.1 Å². The van der Waals surface area contributed by atoms with Crippen molar-refractivity contribution in [2.24, 2.45) is 17.8 Å². The highest BCUT2D eigenvalue weighted by atomic mass is 127. The standard InChI is InChI=1S/C30H33BINO7/c1-4-17(11-18-12-23(32)28(34)25(13-18)39-3)8-9-24-26-16(2)10-21-27(22(26)15-40-24)30(36)33(29(21)35)20-7-5-6-19(14-20)31(37)38/h5-7,11-14,21-22,24,27,34,37-38H,4,8-10,15H2,1-3H3/b17-11+/t21-,22+,24-,27-/m1/s1. The summed E-state index contributed by atoms with van der Waals surface area (Å²) in [6, 6.07) is 10.0. The molecule has 1 aliphatic carbocycles. The van der Waals surface area contributed by atoms with Crippen molar-refractivity contribution in [3.8, 4) is 11.5 Å². The predicted molar refractivity (Wildman–Crippen MR) is 161 cm³/mol. The van der Waals surface area contributed by atoms with Gasteiger partial charge in [0.2, 0.25) is 11.8 Å². The van der Waals surface area contributed by atoms with Crippen LogP contribution >= 0.6 is 22.6 Å². The molecule has 3 N–H and O–H groups in total. The van der Waals surface area contributed by atoms with Gasteiger partial charge in [0.15, 0.2) is 11.5 Å². The lowest BCUT2D eigenvalue weighted by molar-refractivity contribution is -0.122. The topological polar surface area (TPSA) is 117 Å². The molecule has 2 aromatic rings. The van der Waals surface area contributed by atoms with Crippen molar-refractivity contribution in [1.82, 2.24) is 0 Å². The van der Waals surface area contributed by atoms with Crippen LogP contribution in [0, 0.1) is 21.3 Å². The Hall–Kier alpha value is -2.67. The van der Waals surface area contributed by atoms with Gasteiger partial charge in [-0.1, -0.05) is 36.3 Å². The van der Waals surface area contributed by atoms with Crippen LogP contribution in [0.4, 0.5) is 5.69 Å². The van der Waals surface area contributed by atoms with Crippen LogP contribution in [-0.2, 0) is 14.3 Å². The van der Waals surface area contributed by atoms with E-state index in [1.165, 1.54) is 23.6 Å². The fourth-order valence-corrected chi connectivity index (χ4v) is 7.07. The second kappa shape index (κ2) is 11.7. The summed E-state index contributed by atoms with van der Waals surface area (Å²) in [5, 5.41) is 29.3. The molecule has 0 aromatic heterocycles. The zero-order valence-electron chi connectivity index (χ0n) is 22.8. The van der Waals surface area contributed by atoms with Gasteiger partial charge in [-0.25, -0.2) is 0 Å². The number of amides is 2. The zero-order chi connectivity index (χ0) is 28.7. The highest BCUT2D eigenvalue weighted by molar-refractivity contribution is 14.1. The lowest BCUT2D eigenvalue weighted by atomic mass is 9.70. The van der Waals surface area contributed by atoms with E-state index in [1.807, 2.05) is 19.1 Å². The first-order valence-corrected chi connectivity index (χ1v) is 14.6. The van der Waals surface area contributed by atoms with E-state index in [4.69, 9.17) is 9.47 Å². The van der Waals surface area contributed by atoms with Gasteiger partial charge in [-0.05, 0) is 96.1 Å². The molecule has 2 saturated heterocycles. The number of methoxy groups -OCH3 is 1. The molecule has 5 rings (SSSR count). The van der Waals surface area contributed by atoms with Crippen molar-refractivity contribution < 1.29 is 34.2 Å². The van der Waals surface area contributed by atoms with Crippen molar-refractivity contribution in [1.29, 1.82) is 0 Å². The first kappa shape index (κ1) is 28.8. The molecule has 2 heterocycles. The maximum Gasteiger partial charge on any atom is 0.488 e. The van der Waals surface area contributed by atoms with Crippen molar-refractivity contribution in [3.05, 3.63) is 62.3 Å². The van der Waals surface area contributed by atoms with Crippen LogP contribution in [-0.4, -0.2) is 53.9 Å². The van der Waals surface area contributed by atoms with Crippen LogP contribution < -0.4 is 15.1 Å². The van der Waals surface area contributed by atoms with E-state index >= 15 is 0 Å². The minimum absolute atomic E-state index is 0.111. The highest BCUT2D eigenvalue weighted by Crippen LogP contribution is 2.50. The number of anilines is 1. The summed E-state index contributed by atoms with van der Waals surface area (Å²) in [7, 11) is -0.146. The molecule has 2 aromatic carbocycles. The van der Waals surface area contributed by atoms with Gasteiger partial charge in [-0.2, -0.15) is 0 Å². The molecule has 0 bridgehead atoms. The van der Waals surface area contributed by atoms with E-state index in [1.54, 1.807) is 18.2 Å². The van der Waals surface area contributed by atoms with E-state index in [0.717, 1.165) is 39.5 Å². The maximum atomic E-state index is 13.7. The van der Waals surface area contributed by atoms with E-state index < -0.39 is 19.0 Å². The number of phenolic OH excluding ortho intramolecular Hbond substituents is 1. The first-order valence-electron chi connectivity index (χ1n) is 13.6. The Kier molecular flexibility index (Phi) is 8.42. The van der Waals surface area contributed by atoms with Crippen molar-refractivity contribution in [2.45, 2.75) is 45.6 Å². The van der Waals surface area contributed by atoms with Gasteiger partial charge >= 0.3 is 7.12 Å². The third-order valence-electron chi connectivity index (χ3n) is 8.40. The molecule has 2 fully saturated rings. The molecular weight excluding hydrogens is 624 g/mol. The lowest BCUT2D eigenvalue weighted by Crippen LogP contribution is -2.35. The second-order valence-corrected chi connectivity index (χ2v) is 11.9. The Morgan fingerprint density at radius 3 is 2.67 bits per heavy atom. The Morgan fingerprint density at radius 2 is 1.98 bits per heavy atom. The number of carbonyl (C=O) groups is 2. The highest BCUT2D eigenvalue weighted by Gasteiger charge is 2.56. The summed E-state index contributed by atoms with van der Waals surface area (Å²) in [5.41, 5.74) is 5.07. The fraction of sp³-hybridized carbons (Fsp3) is 0.400. The number of allylic oxidation sites excluding steroid dienone is 2. The smallest absolute Gasteiger partial charge is 0.488 e. The van der Waals surface area contributed by atoms with Gasteiger partial charge in [0, 0.05) is 5.92 Å². The maximum absolute atomic E-state index is 13.7. The van der Waals surface area contributed by atoms with Gasteiger partial charge in [-0.15, -0.1) is 0 Å². The number of ether oxygens (including phenoxy) is 2. The lowest BCUT2D eigenvalue weighted by Gasteiger charge is -2.30. The predicted octanol–water partition coefficient (Wildman–Crippen LogP) is 3.80. The molecular formula is C30H33BINO7. The van der Waals surface area contributed by atoms with Crippen molar-refractivity contribution in [3.63, 3.8) is 0 Å². The normalized spacial score (nSPS) is 24.4. The van der Waals surface area contributed by atoms with Crippen LogP contribution in [0.1, 0.15) is 45.1 Å². The van der Waals surface area contributed by atoms with Crippen molar-refractivity contribution >= 4 is 58.7 Å². The number of hydrogen-bond acceptors (Lipinski definition) is 7. The van der Waals surface area contributed by atoms with E-state index in [9.17, 15) is 24.7 Å². The molecule has 0 spiro atoms. The summed E-state index contributed by atoms with van der Waals surface area (Å²) >= 11 is 2.09. The number of nitrogens with zero attached hydrogens (tertiary/aromatic N) is 1. The largest absolute Gasteiger partial charge is 0.504 e. The summed E-state index contributed by atoms with van der Waals surface area (Å²) in [6.07, 6.45) is 4.98. The molecule has 0 radical (unpaired) electrons. The number of halogens is 1. The average Bonchev–Trinajstić information content (AvgIpc) is 3.47. The Labute approximate surface area is 248 Å². The zero-order valence-corrected chi connectivity index (χ0v) is 24.9. The Bertz CT molecular complexity index is 1400. The summed E-state index contributed by atoms with van der Waals surface area (Å²) < 4.78 is 12.3. The Balaban J connectivity index is 1.34. The number of aromatic hydroxyl groups is 1. The van der Waals surface area contributed by atoms with E-state index in [0.29, 0.717) is 24.5 Å². The van der Waals surface area contributed by atoms with Gasteiger partial charge < -0.3 is 24.6 Å². The average molecular weight is 657 g/mol.